The maximum atomic E-state index is 12.8. The zero-order valence-electron chi connectivity index (χ0n) is 38.8. The number of aliphatic hydroxyl groups is 5. The molecule has 0 amide bonds. The summed E-state index contributed by atoms with van der Waals surface area (Å²) in [6.45, 7) is 4.10. The molecule has 0 aromatic heterocycles. The van der Waals surface area contributed by atoms with E-state index in [9.17, 15) is 39.8 Å². The lowest BCUT2D eigenvalue weighted by atomic mass is 9.85. The Morgan fingerprint density at radius 2 is 0.937 bits per heavy atom. The number of carbonyl (C=O) groups excluding carboxylic acids is 1. The molecule has 1 aliphatic carbocycles. The number of hydrogen-bond donors (Lipinski definition) is 6. The van der Waals surface area contributed by atoms with Gasteiger partial charge in [0.1, 0.15) is 42.7 Å². The van der Waals surface area contributed by atoms with Crippen LogP contribution in [0.15, 0.2) is 72.9 Å². The summed E-state index contributed by atoms with van der Waals surface area (Å²) in [6, 6.07) is 0. The molecule has 0 spiro atoms. The predicted octanol–water partition coefficient (Wildman–Crippen LogP) is 10.4. The molecule has 0 bridgehead atoms. The maximum Gasteiger partial charge on any atom is 0.472 e. The fourth-order valence-electron chi connectivity index (χ4n) is 6.96. The molecule has 0 heterocycles. The lowest BCUT2D eigenvalue weighted by molar-refractivity contribution is -0.220. The second-order valence-electron chi connectivity index (χ2n) is 16.6. The van der Waals surface area contributed by atoms with E-state index in [2.05, 4.69) is 86.8 Å². The van der Waals surface area contributed by atoms with Crippen molar-refractivity contribution in [3.05, 3.63) is 72.9 Å². The fraction of sp³-hybridized carbons (Fsp3) is 0.740. The number of allylic oxidation sites excluding steroid dienone is 12. The average molecular weight is 911 g/mol. The van der Waals surface area contributed by atoms with Gasteiger partial charge in [-0.2, -0.15) is 0 Å². The topological polar surface area (TPSA) is 192 Å². The summed E-state index contributed by atoms with van der Waals surface area (Å²) in [5.41, 5.74) is 0. The molecule has 63 heavy (non-hydrogen) atoms. The van der Waals surface area contributed by atoms with Crippen molar-refractivity contribution in [2.45, 2.75) is 217 Å². The van der Waals surface area contributed by atoms with Gasteiger partial charge in [0.2, 0.25) is 0 Å². The summed E-state index contributed by atoms with van der Waals surface area (Å²) in [4.78, 5) is 23.2. The smallest absolute Gasteiger partial charge is 0.457 e. The number of aliphatic hydroxyl groups excluding tert-OH is 5. The van der Waals surface area contributed by atoms with E-state index in [1.807, 2.05) is 0 Å². The minimum Gasteiger partial charge on any atom is -0.457 e. The number of hydrogen-bond acceptors (Lipinski definition) is 11. The third-order valence-electron chi connectivity index (χ3n) is 10.8. The molecule has 0 saturated heterocycles. The molecule has 0 aromatic carbocycles. The van der Waals surface area contributed by atoms with Crippen LogP contribution < -0.4 is 0 Å². The Labute approximate surface area is 380 Å². The van der Waals surface area contributed by atoms with Crippen LogP contribution in [0, 0.1) is 0 Å². The Morgan fingerprint density at radius 1 is 0.524 bits per heavy atom. The van der Waals surface area contributed by atoms with Gasteiger partial charge in [-0.15, -0.1) is 0 Å². The number of phosphoric ester groups is 1. The molecule has 1 fully saturated rings. The Balaban J connectivity index is 2.40. The standard InChI is InChI=1S/C50H87O12P/c1-3-5-7-9-11-13-15-17-19-20-21-22-23-24-25-27-29-31-33-35-37-39-44(51)61-43(42-60-63(57,58)62-50-48(55)46(53)45(52)47(54)49(50)56)41-59-40-38-36-34-32-30-28-26-18-16-14-12-10-8-6-4-2/h5,7,11,13,16-19,21-22,24-25,43,45-50,52-56H,3-4,6,8-10,12,14-15,20,23,26-42H2,1-2H3,(H,57,58)/b7-5-,13-11-,18-16-,19-17-,22-21-,25-24-. The van der Waals surface area contributed by atoms with Crippen LogP contribution in [-0.4, -0.2) is 98.9 Å². The minimum atomic E-state index is -5.03. The third-order valence-corrected chi connectivity index (χ3v) is 11.8. The highest BCUT2D eigenvalue weighted by atomic mass is 31.2. The van der Waals surface area contributed by atoms with Crippen LogP contribution >= 0.6 is 7.82 Å². The summed E-state index contributed by atoms with van der Waals surface area (Å²) in [5, 5.41) is 50.2. The molecule has 1 rings (SSSR count). The molecule has 0 radical (unpaired) electrons. The summed E-state index contributed by atoms with van der Waals surface area (Å²) in [7, 11) is -5.03. The first-order valence-electron chi connectivity index (χ1n) is 24.3. The van der Waals surface area contributed by atoms with Gasteiger partial charge in [0.05, 0.1) is 13.2 Å². The fourth-order valence-corrected chi connectivity index (χ4v) is 7.94. The molecule has 13 heteroatoms. The second-order valence-corrected chi connectivity index (χ2v) is 18.0. The number of unbranched alkanes of at least 4 members (excludes halogenated alkanes) is 16. The number of rotatable bonds is 40. The van der Waals surface area contributed by atoms with E-state index in [-0.39, 0.29) is 13.0 Å². The van der Waals surface area contributed by atoms with Crippen LogP contribution in [0.2, 0.25) is 0 Å². The van der Waals surface area contributed by atoms with Crippen molar-refractivity contribution in [3.63, 3.8) is 0 Å². The van der Waals surface area contributed by atoms with E-state index >= 15 is 0 Å². The Hall–Kier alpha value is -2.22. The second kappa shape index (κ2) is 40.1. The summed E-state index contributed by atoms with van der Waals surface area (Å²) in [6.07, 6.45) is 39.6. The van der Waals surface area contributed by atoms with Gasteiger partial charge in [0.15, 0.2) is 0 Å². The van der Waals surface area contributed by atoms with Crippen LogP contribution in [0.5, 0.6) is 0 Å². The van der Waals surface area contributed by atoms with Crippen molar-refractivity contribution in [2.24, 2.45) is 0 Å². The molecule has 0 aromatic rings. The van der Waals surface area contributed by atoms with Crippen LogP contribution in [-0.2, 0) is 27.9 Å². The van der Waals surface area contributed by atoms with Crippen LogP contribution in [0.1, 0.15) is 174 Å². The van der Waals surface area contributed by atoms with Crippen molar-refractivity contribution in [2.75, 3.05) is 19.8 Å². The number of ether oxygens (including phenoxy) is 2. The largest absolute Gasteiger partial charge is 0.472 e. The van der Waals surface area contributed by atoms with E-state index in [4.69, 9.17) is 18.5 Å². The average Bonchev–Trinajstić information content (AvgIpc) is 3.27. The highest BCUT2D eigenvalue weighted by molar-refractivity contribution is 7.47. The maximum absolute atomic E-state index is 12.8. The van der Waals surface area contributed by atoms with Gasteiger partial charge in [0, 0.05) is 13.0 Å². The van der Waals surface area contributed by atoms with Crippen molar-refractivity contribution in [1.29, 1.82) is 0 Å². The lowest BCUT2D eigenvalue weighted by Gasteiger charge is -2.41. The third kappa shape index (κ3) is 32.2. The molecular formula is C50H87O12P. The van der Waals surface area contributed by atoms with Crippen molar-refractivity contribution < 1.29 is 58.3 Å². The molecule has 12 nitrogen and oxygen atoms in total. The van der Waals surface area contributed by atoms with Gasteiger partial charge in [0.25, 0.3) is 0 Å². The first-order valence-corrected chi connectivity index (χ1v) is 25.8. The van der Waals surface area contributed by atoms with E-state index in [0.29, 0.717) is 13.0 Å². The first-order chi connectivity index (χ1) is 30.5. The van der Waals surface area contributed by atoms with Gasteiger partial charge in [-0.25, -0.2) is 4.57 Å². The molecule has 0 aliphatic heterocycles. The van der Waals surface area contributed by atoms with Crippen molar-refractivity contribution in [1.82, 2.24) is 0 Å². The van der Waals surface area contributed by atoms with Gasteiger partial charge in [-0.1, -0.05) is 157 Å². The number of carbonyl (C=O) groups is 1. The van der Waals surface area contributed by atoms with Crippen LogP contribution in [0.3, 0.4) is 0 Å². The van der Waals surface area contributed by atoms with Crippen molar-refractivity contribution in [3.8, 4) is 0 Å². The normalized spacial score (nSPS) is 22.5. The molecule has 6 unspecified atom stereocenters. The zero-order chi connectivity index (χ0) is 46.2. The first kappa shape index (κ1) is 58.8. The quantitative estimate of drug-likeness (QED) is 0.0148. The molecule has 1 aliphatic rings. The summed E-state index contributed by atoms with van der Waals surface area (Å²) < 4.78 is 34.2. The summed E-state index contributed by atoms with van der Waals surface area (Å²) >= 11 is 0. The SMILES string of the molecule is CC/C=C\C/C=C\C/C=C\C/C=C\C/C=C\CCCCCCCC(=O)OC(COCCCCCCCC/C=C\CCCCCCC)COP(=O)(O)OC1C(O)C(O)C(O)C(O)C1O. The monoisotopic (exact) mass is 911 g/mol. The molecule has 6 atom stereocenters. The molecular weight excluding hydrogens is 824 g/mol. The van der Waals surface area contributed by atoms with E-state index < -0.39 is 63.1 Å². The van der Waals surface area contributed by atoms with E-state index in [1.165, 1.54) is 51.4 Å². The minimum absolute atomic E-state index is 0.0925. The van der Waals surface area contributed by atoms with Gasteiger partial charge in [-0.3, -0.25) is 13.8 Å². The highest BCUT2D eigenvalue weighted by Crippen LogP contribution is 2.47. The molecule has 364 valence electrons. The van der Waals surface area contributed by atoms with E-state index in [0.717, 1.165) is 96.3 Å². The number of esters is 1. The predicted molar refractivity (Wildman–Crippen MR) is 253 cm³/mol. The summed E-state index contributed by atoms with van der Waals surface area (Å²) in [5.74, 6) is -0.500. The van der Waals surface area contributed by atoms with E-state index in [1.54, 1.807) is 0 Å². The molecule has 6 N–H and O–H groups in total. The zero-order valence-corrected chi connectivity index (χ0v) is 39.7. The van der Waals surface area contributed by atoms with Crippen LogP contribution in [0.25, 0.3) is 0 Å². The van der Waals surface area contributed by atoms with Gasteiger partial charge >= 0.3 is 13.8 Å². The Morgan fingerprint density at radius 3 is 1.44 bits per heavy atom. The Bertz CT molecular complexity index is 1310. The van der Waals surface area contributed by atoms with Gasteiger partial charge in [-0.05, 0) is 83.5 Å². The van der Waals surface area contributed by atoms with Crippen LogP contribution in [0.4, 0.5) is 0 Å². The Kier molecular flexibility index (Phi) is 37.4. The van der Waals surface area contributed by atoms with Gasteiger partial charge < -0.3 is 39.9 Å². The lowest BCUT2D eigenvalue weighted by Crippen LogP contribution is -2.64. The number of phosphoric acid groups is 1. The highest BCUT2D eigenvalue weighted by Gasteiger charge is 2.51. The molecule has 1 saturated carbocycles. The van der Waals surface area contributed by atoms with Crippen molar-refractivity contribution >= 4 is 13.8 Å².